The normalized spacial score (nSPS) is 16.9. The van der Waals surface area contributed by atoms with Crippen molar-refractivity contribution >= 4 is 5.69 Å². The van der Waals surface area contributed by atoms with E-state index in [9.17, 15) is 0 Å². The molecule has 0 aliphatic carbocycles. The van der Waals surface area contributed by atoms with E-state index in [0.29, 0.717) is 5.41 Å². The highest BCUT2D eigenvalue weighted by molar-refractivity contribution is 5.46. The van der Waals surface area contributed by atoms with Gasteiger partial charge in [-0.3, -0.25) is 4.90 Å². The molecule has 0 bridgehead atoms. The second kappa shape index (κ2) is 4.27. The molecular formula is C16H26N2. The van der Waals surface area contributed by atoms with Crippen molar-refractivity contribution in [3.63, 3.8) is 0 Å². The largest absolute Gasteiger partial charge is 0.399 e. The number of fused-ring (bicyclic) bond motifs is 1. The van der Waals surface area contributed by atoms with Crippen molar-refractivity contribution < 1.29 is 0 Å². The van der Waals surface area contributed by atoms with E-state index in [4.69, 9.17) is 5.73 Å². The quantitative estimate of drug-likeness (QED) is 0.804. The summed E-state index contributed by atoms with van der Waals surface area (Å²) < 4.78 is 0. The zero-order valence-electron chi connectivity index (χ0n) is 12.4. The Hall–Kier alpha value is -1.02. The van der Waals surface area contributed by atoms with Crippen molar-refractivity contribution in [3.05, 3.63) is 29.3 Å². The van der Waals surface area contributed by atoms with Crippen LogP contribution in [0.25, 0.3) is 0 Å². The van der Waals surface area contributed by atoms with Crippen molar-refractivity contribution in [2.45, 2.75) is 59.7 Å². The maximum atomic E-state index is 5.87. The summed E-state index contributed by atoms with van der Waals surface area (Å²) in [5.74, 6) is 0. The molecule has 100 valence electrons. The molecule has 2 heteroatoms. The molecule has 0 fully saturated rings. The van der Waals surface area contributed by atoms with E-state index in [2.05, 4.69) is 51.7 Å². The lowest BCUT2D eigenvalue weighted by molar-refractivity contribution is 0.0745. The van der Waals surface area contributed by atoms with Gasteiger partial charge in [0.05, 0.1) is 0 Å². The van der Waals surface area contributed by atoms with Crippen LogP contribution >= 0.6 is 0 Å². The summed E-state index contributed by atoms with van der Waals surface area (Å²) in [4.78, 5) is 2.57. The average molecular weight is 246 g/mol. The monoisotopic (exact) mass is 246 g/mol. The van der Waals surface area contributed by atoms with Gasteiger partial charge in [-0.05, 0) is 48.9 Å². The van der Waals surface area contributed by atoms with Crippen LogP contribution in [0.3, 0.4) is 0 Å². The summed E-state index contributed by atoms with van der Waals surface area (Å²) in [6.45, 7) is 13.7. The van der Waals surface area contributed by atoms with Crippen molar-refractivity contribution in [1.29, 1.82) is 0 Å². The highest BCUT2D eigenvalue weighted by Gasteiger charge is 2.34. The molecule has 0 radical (unpaired) electrons. The Morgan fingerprint density at radius 2 is 1.67 bits per heavy atom. The third kappa shape index (κ3) is 2.86. The van der Waals surface area contributed by atoms with Gasteiger partial charge in [0.2, 0.25) is 0 Å². The zero-order valence-corrected chi connectivity index (χ0v) is 12.4. The van der Waals surface area contributed by atoms with E-state index in [0.717, 1.165) is 18.8 Å². The molecule has 1 aliphatic rings. The highest BCUT2D eigenvalue weighted by atomic mass is 15.2. The van der Waals surface area contributed by atoms with Crippen molar-refractivity contribution in [1.82, 2.24) is 4.90 Å². The molecule has 1 heterocycles. The minimum Gasteiger partial charge on any atom is -0.399 e. The van der Waals surface area contributed by atoms with Gasteiger partial charge in [0.25, 0.3) is 0 Å². The van der Waals surface area contributed by atoms with Crippen LogP contribution in [0.5, 0.6) is 0 Å². The first kappa shape index (κ1) is 13.4. The molecule has 2 nitrogen and oxygen atoms in total. The summed E-state index contributed by atoms with van der Waals surface area (Å²) in [5.41, 5.74) is 10.2. The third-order valence-corrected chi connectivity index (χ3v) is 3.77. The summed E-state index contributed by atoms with van der Waals surface area (Å²) in [6, 6.07) is 6.32. The molecule has 0 saturated carbocycles. The number of nitrogen functional groups attached to an aromatic ring is 1. The molecular weight excluding hydrogens is 220 g/mol. The summed E-state index contributed by atoms with van der Waals surface area (Å²) in [5, 5.41) is 0. The highest BCUT2D eigenvalue weighted by Crippen LogP contribution is 2.36. The van der Waals surface area contributed by atoms with Crippen LogP contribution in [0.15, 0.2) is 18.2 Å². The molecule has 1 aliphatic heterocycles. The van der Waals surface area contributed by atoms with Gasteiger partial charge in [-0.2, -0.15) is 0 Å². The van der Waals surface area contributed by atoms with E-state index in [1.807, 2.05) is 6.07 Å². The van der Waals surface area contributed by atoms with Crippen molar-refractivity contribution in [3.8, 4) is 0 Å². The van der Waals surface area contributed by atoms with E-state index >= 15 is 0 Å². The molecule has 0 unspecified atom stereocenters. The number of benzene rings is 1. The van der Waals surface area contributed by atoms with Gasteiger partial charge in [-0.15, -0.1) is 0 Å². The van der Waals surface area contributed by atoms with Gasteiger partial charge < -0.3 is 5.73 Å². The Kier molecular flexibility index (Phi) is 3.18. The Morgan fingerprint density at radius 3 is 2.28 bits per heavy atom. The lowest BCUT2D eigenvalue weighted by atomic mass is 9.81. The lowest BCUT2D eigenvalue weighted by Crippen LogP contribution is -2.43. The molecule has 1 aromatic carbocycles. The SMILES string of the molecule is CC(C)(C)CC(C)(C)N1Cc2ccc(N)cc2C1. The van der Waals surface area contributed by atoms with Gasteiger partial charge in [0.15, 0.2) is 0 Å². The fourth-order valence-electron chi connectivity index (χ4n) is 3.25. The topological polar surface area (TPSA) is 29.3 Å². The maximum absolute atomic E-state index is 5.87. The Labute approximate surface area is 111 Å². The minimum atomic E-state index is 0.228. The van der Waals surface area contributed by atoms with Crippen molar-refractivity contribution in [2.24, 2.45) is 5.41 Å². The predicted molar refractivity (Wildman–Crippen MR) is 78.3 cm³/mol. The summed E-state index contributed by atoms with van der Waals surface area (Å²) in [6.07, 6.45) is 1.20. The first-order valence-electron chi connectivity index (χ1n) is 6.80. The number of anilines is 1. The summed E-state index contributed by atoms with van der Waals surface area (Å²) >= 11 is 0. The first-order valence-corrected chi connectivity index (χ1v) is 6.80. The number of nitrogens with two attached hydrogens (primary N) is 1. The molecule has 2 rings (SSSR count). The predicted octanol–water partition coefficient (Wildman–Crippen LogP) is 3.80. The van der Waals surface area contributed by atoms with Crippen LogP contribution in [-0.4, -0.2) is 10.4 Å². The maximum Gasteiger partial charge on any atom is 0.0317 e. The number of hydrogen-bond donors (Lipinski definition) is 1. The second-order valence-electron chi connectivity index (χ2n) is 7.43. The van der Waals surface area contributed by atoms with E-state index in [-0.39, 0.29) is 5.54 Å². The second-order valence-corrected chi connectivity index (χ2v) is 7.43. The molecule has 0 atom stereocenters. The zero-order chi connectivity index (χ0) is 13.6. The third-order valence-electron chi connectivity index (χ3n) is 3.77. The van der Waals surface area contributed by atoms with Gasteiger partial charge in [0.1, 0.15) is 0 Å². The van der Waals surface area contributed by atoms with Crippen LogP contribution in [0, 0.1) is 5.41 Å². The standard InChI is InChI=1S/C16H26N2/c1-15(2,3)11-16(4,5)18-9-12-6-7-14(17)8-13(12)10-18/h6-8H,9-11,17H2,1-5H3. The van der Waals surface area contributed by atoms with Gasteiger partial charge in [0, 0.05) is 24.3 Å². The van der Waals surface area contributed by atoms with Gasteiger partial charge in [-0.25, -0.2) is 0 Å². The number of hydrogen-bond acceptors (Lipinski definition) is 2. The van der Waals surface area contributed by atoms with Crippen molar-refractivity contribution in [2.75, 3.05) is 5.73 Å². The smallest absolute Gasteiger partial charge is 0.0317 e. The van der Waals surface area contributed by atoms with E-state index in [1.165, 1.54) is 17.5 Å². The number of nitrogens with zero attached hydrogens (tertiary/aromatic N) is 1. The van der Waals surface area contributed by atoms with E-state index < -0.39 is 0 Å². The Bertz CT molecular complexity index is 441. The Morgan fingerprint density at radius 1 is 1.06 bits per heavy atom. The molecule has 0 saturated heterocycles. The average Bonchev–Trinajstić information content (AvgIpc) is 2.57. The minimum absolute atomic E-state index is 0.228. The van der Waals surface area contributed by atoms with Crippen LogP contribution in [-0.2, 0) is 13.1 Å². The van der Waals surface area contributed by atoms with Gasteiger partial charge in [-0.1, -0.05) is 26.8 Å². The van der Waals surface area contributed by atoms with E-state index in [1.54, 1.807) is 0 Å². The molecule has 1 aromatic rings. The fourth-order valence-corrected chi connectivity index (χ4v) is 3.25. The fraction of sp³-hybridized carbons (Fsp3) is 0.625. The lowest BCUT2D eigenvalue weighted by Gasteiger charge is -2.40. The molecule has 0 spiro atoms. The molecule has 18 heavy (non-hydrogen) atoms. The summed E-state index contributed by atoms with van der Waals surface area (Å²) in [7, 11) is 0. The Balaban J connectivity index is 2.15. The molecule has 2 N–H and O–H groups in total. The first-order chi connectivity index (χ1) is 8.17. The van der Waals surface area contributed by atoms with Crippen LogP contribution in [0.1, 0.15) is 52.2 Å². The van der Waals surface area contributed by atoms with Crippen LogP contribution < -0.4 is 5.73 Å². The van der Waals surface area contributed by atoms with Crippen LogP contribution in [0.4, 0.5) is 5.69 Å². The number of rotatable bonds is 2. The van der Waals surface area contributed by atoms with Gasteiger partial charge >= 0.3 is 0 Å². The van der Waals surface area contributed by atoms with Crippen LogP contribution in [0.2, 0.25) is 0 Å². The molecule has 0 aromatic heterocycles. The molecule has 0 amide bonds.